The summed E-state index contributed by atoms with van der Waals surface area (Å²) in [7, 11) is 0. The number of hydrogen-bond donors (Lipinski definition) is 2. The van der Waals surface area contributed by atoms with Crippen molar-refractivity contribution in [3.63, 3.8) is 0 Å². The number of rotatable bonds is 5. The molecule has 0 aromatic heterocycles. The third-order valence-corrected chi connectivity index (χ3v) is 3.32. The van der Waals surface area contributed by atoms with Gasteiger partial charge in [0.1, 0.15) is 12.8 Å². The van der Waals surface area contributed by atoms with Crippen LogP contribution in [0.4, 0.5) is 17.6 Å². The van der Waals surface area contributed by atoms with Gasteiger partial charge in [0.25, 0.3) is 0 Å². The largest absolute Gasteiger partial charge is 0.471 e. The number of halogens is 4. The molecule has 0 radical (unpaired) electrons. The number of aliphatic hydroxyl groups is 1. The monoisotopic (exact) mass is 311 g/mol. The fourth-order valence-corrected chi connectivity index (χ4v) is 1.89. The second kappa shape index (κ2) is 6.94. The van der Waals surface area contributed by atoms with E-state index in [0.717, 1.165) is 4.90 Å². The molecule has 1 rings (SSSR count). The highest BCUT2D eigenvalue weighted by Gasteiger charge is 2.40. The predicted molar refractivity (Wildman–Crippen MR) is 67.1 cm³/mol. The van der Waals surface area contributed by atoms with Gasteiger partial charge in [0, 0.05) is 4.90 Å². The Labute approximate surface area is 117 Å². The van der Waals surface area contributed by atoms with Crippen molar-refractivity contribution in [1.82, 2.24) is 5.32 Å². The first kappa shape index (κ1) is 16.8. The first-order valence-electron chi connectivity index (χ1n) is 5.55. The second-order valence-corrected chi connectivity index (χ2v) is 4.83. The highest BCUT2D eigenvalue weighted by Crippen LogP contribution is 2.23. The molecule has 0 aliphatic heterocycles. The van der Waals surface area contributed by atoms with Gasteiger partial charge in [-0.25, -0.2) is 4.39 Å². The molecular formula is C12H13F4NO2S. The van der Waals surface area contributed by atoms with Crippen molar-refractivity contribution in [2.45, 2.75) is 23.2 Å². The van der Waals surface area contributed by atoms with E-state index in [1.54, 1.807) is 12.1 Å². The Morgan fingerprint density at radius 2 is 1.90 bits per heavy atom. The SMILES string of the molecule is CSc1ccc([C@@H](O)[C@@H](CF)NC(=O)C(F)(F)F)cc1. The lowest BCUT2D eigenvalue weighted by molar-refractivity contribution is -0.175. The molecule has 0 aliphatic rings. The third-order valence-electron chi connectivity index (χ3n) is 2.58. The Balaban J connectivity index is 2.80. The standard InChI is InChI=1S/C12H13F4NO2S/c1-20-8-4-2-7(3-5-8)10(18)9(6-13)17-11(19)12(14,15)16/h2-5,9-10,18H,6H2,1H3,(H,17,19)/t9-,10-/m1/s1. The molecule has 0 heterocycles. The fraction of sp³-hybridized carbons (Fsp3) is 0.417. The minimum atomic E-state index is -5.12. The van der Waals surface area contributed by atoms with E-state index >= 15 is 0 Å². The number of hydrogen-bond acceptors (Lipinski definition) is 3. The van der Waals surface area contributed by atoms with Crippen LogP contribution in [0.25, 0.3) is 0 Å². The maximum Gasteiger partial charge on any atom is 0.471 e. The van der Waals surface area contributed by atoms with Gasteiger partial charge in [-0.3, -0.25) is 4.79 Å². The van der Waals surface area contributed by atoms with Crippen molar-refractivity contribution in [1.29, 1.82) is 0 Å². The summed E-state index contributed by atoms with van der Waals surface area (Å²) in [6, 6.07) is 4.58. The maximum atomic E-state index is 12.7. The van der Waals surface area contributed by atoms with Gasteiger partial charge in [-0.05, 0) is 24.0 Å². The lowest BCUT2D eigenvalue weighted by atomic mass is 10.0. The molecule has 20 heavy (non-hydrogen) atoms. The van der Waals surface area contributed by atoms with Crippen molar-refractivity contribution < 1.29 is 27.5 Å². The molecule has 0 aliphatic carbocycles. The number of carbonyl (C=O) groups is 1. The Hall–Kier alpha value is -1.28. The molecule has 0 saturated heterocycles. The lowest BCUT2D eigenvalue weighted by Gasteiger charge is -2.22. The van der Waals surface area contributed by atoms with Gasteiger partial charge < -0.3 is 10.4 Å². The van der Waals surface area contributed by atoms with Crippen molar-refractivity contribution >= 4 is 17.7 Å². The maximum absolute atomic E-state index is 12.7. The van der Waals surface area contributed by atoms with Crippen molar-refractivity contribution in [3.05, 3.63) is 29.8 Å². The zero-order valence-electron chi connectivity index (χ0n) is 10.4. The van der Waals surface area contributed by atoms with Crippen LogP contribution in [0.3, 0.4) is 0 Å². The van der Waals surface area contributed by atoms with E-state index in [1.807, 2.05) is 6.26 Å². The van der Waals surface area contributed by atoms with Crippen molar-refractivity contribution in [3.8, 4) is 0 Å². The van der Waals surface area contributed by atoms with E-state index in [9.17, 15) is 27.5 Å². The van der Waals surface area contributed by atoms with Gasteiger partial charge in [0.15, 0.2) is 0 Å². The van der Waals surface area contributed by atoms with Crippen LogP contribution in [-0.2, 0) is 4.79 Å². The number of aliphatic hydroxyl groups excluding tert-OH is 1. The summed E-state index contributed by atoms with van der Waals surface area (Å²) in [6.45, 7) is -1.31. The lowest BCUT2D eigenvalue weighted by Crippen LogP contribution is -2.46. The second-order valence-electron chi connectivity index (χ2n) is 3.95. The first-order valence-corrected chi connectivity index (χ1v) is 6.77. The summed E-state index contributed by atoms with van der Waals surface area (Å²) in [5.74, 6) is -2.28. The molecule has 0 saturated carbocycles. The van der Waals surface area contributed by atoms with Crippen LogP contribution in [0, 0.1) is 0 Å². The number of thioether (sulfide) groups is 1. The quantitative estimate of drug-likeness (QED) is 0.649. The van der Waals surface area contributed by atoms with E-state index in [-0.39, 0.29) is 5.56 Å². The summed E-state index contributed by atoms with van der Waals surface area (Å²) in [4.78, 5) is 11.6. The molecule has 2 N–H and O–H groups in total. The third kappa shape index (κ3) is 4.38. The molecule has 3 nitrogen and oxygen atoms in total. The van der Waals surface area contributed by atoms with E-state index in [0.29, 0.717) is 0 Å². The summed E-state index contributed by atoms with van der Waals surface area (Å²) in [6.07, 6.45) is -4.84. The predicted octanol–water partition coefficient (Wildman–Crippen LogP) is 2.46. The summed E-state index contributed by atoms with van der Waals surface area (Å²) in [5, 5.41) is 11.3. The molecule has 1 amide bonds. The Morgan fingerprint density at radius 1 is 1.35 bits per heavy atom. The van der Waals surface area contributed by atoms with Crippen LogP contribution < -0.4 is 5.32 Å². The van der Waals surface area contributed by atoms with Crippen LogP contribution in [0.5, 0.6) is 0 Å². The van der Waals surface area contributed by atoms with Gasteiger partial charge in [-0.2, -0.15) is 13.2 Å². The molecule has 0 fully saturated rings. The van der Waals surface area contributed by atoms with Gasteiger partial charge >= 0.3 is 12.1 Å². The minimum absolute atomic E-state index is 0.230. The topological polar surface area (TPSA) is 49.3 Å². The van der Waals surface area contributed by atoms with E-state index in [4.69, 9.17) is 0 Å². The van der Waals surface area contributed by atoms with E-state index < -0.39 is 30.9 Å². The average molecular weight is 311 g/mol. The molecule has 112 valence electrons. The molecule has 1 aromatic carbocycles. The fourth-order valence-electron chi connectivity index (χ4n) is 1.49. The van der Waals surface area contributed by atoms with Gasteiger partial charge in [-0.1, -0.05) is 12.1 Å². The van der Waals surface area contributed by atoms with Crippen LogP contribution in [0.1, 0.15) is 11.7 Å². The molecule has 0 spiro atoms. The van der Waals surface area contributed by atoms with Crippen LogP contribution in [0.15, 0.2) is 29.2 Å². The summed E-state index contributed by atoms with van der Waals surface area (Å²) >= 11 is 1.44. The molecular weight excluding hydrogens is 298 g/mol. The van der Waals surface area contributed by atoms with Crippen LogP contribution >= 0.6 is 11.8 Å². The van der Waals surface area contributed by atoms with Crippen molar-refractivity contribution in [2.75, 3.05) is 12.9 Å². The number of alkyl halides is 4. The first-order chi connectivity index (χ1) is 9.29. The van der Waals surface area contributed by atoms with Crippen molar-refractivity contribution in [2.24, 2.45) is 0 Å². The smallest absolute Gasteiger partial charge is 0.386 e. The van der Waals surface area contributed by atoms with Gasteiger partial charge in [0.2, 0.25) is 0 Å². The molecule has 2 atom stereocenters. The minimum Gasteiger partial charge on any atom is -0.386 e. The Bertz CT molecular complexity index is 450. The number of carbonyl (C=O) groups excluding carboxylic acids is 1. The Morgan fingerprint density at radius 3 is 2.30 bits per heavy atom. The molecule has 0 bridgehead atoms. The number of nitrogens with one attached hydrogen (secondary N) is 1. The van der Waals surface area contributed by atoms with E-state index in [1.165, 1.54) is 29.2 Å². The molecule has 1 aromatic rings. The van der Waals surface area contributed by atoms with Crippen LogP contribution in [-0.4, -0.2) is 36.2 Å². The highest BCUT2D eigenvalue weighted by molar-refractivity contribution is 7.98. The average Bonchev–Trinajstić information content (AvgIpc) is 2.42. The number of benzene rings is 1. The summed E-state index contributed by atoms with van der Waals surface area (Å²) in [5.41, 5.74) is 0.230. The van der Waals surface area contributed by atoms with E-state index in [2.05, 4.69) is 0 Å². The van der Waals surface area contributed by atoms with Gasteiger partial charge in [0.05, 0.1) is 6.04 Å². The van der Waals surface area contributed by atoms with Crippen LogP contribution in [0.2, 0.25) is 0 Å². The molecule has 8 heteroatoms. The normalized spacial score (nSPS) is 14.7. The number of amides is 1. The summed E-state index contributed by atoms with van der Waals surface area (Å²) < 4.78 is 49.0. The van der Waals surface area contributed by atoms with Gasteiger partial charge in [-0.15, -0.1) is 11.8 Å². The zero-order valence-corrected chi connectivity index (χ0v) is 11.3. The highest BCUT2D eigenvalue weighted by atomic mass is 32.2. The zero-order chi connectivity index (χ0) is 15.3. The molecule has 0 unspecified atom stereocenters. The Kier molecular flexibility index (Phi) is 5.82.